The average Bonchev–Trinajstić information content (AvgIpc) is 2.46. The molecule has 1 N–H and O–H groups in total. The zero-order valence-corrected chi connectivity index (χ0v) is 15.5. The maximum absolute atomic E-state index is 13.4. The highest BCUT2D eigenvalue weighted by Gasteiger charge is 2.24. The lowest BCUT2D eigenvalue weighted by Gasteiger charge is -2.25. The number of rotatable bonds is 6. The van der Waals surface area contributed by atoms with E-state index in [1.807, 2.05) is 0 Å². The van der Waals surface area contributed by atoms with Gasteiger partial charge >= 0.3 is 0 Å². The Morgan fingerprint density at radius 2 is 1.71 bits per heavy atom. The highest BCUT2D eigenvalue weighted by molar-refractivity contribution is 7.89. The summed E-state index contributed by atoms with van der Waals surface area (Å²) in [6, 6.07) is 10.2. The fraction of sp³-hybridized carbons (Fsp3) is 0.250. The minimum atomic E-state index is -3.90. The van der Waals surface area contributed by atoms with Gasteiger partial charge in [0.15, 0.2) is 0 Å². The van der Waals surface area contributed by atoms with Gasteiger partial charge < -0.3 is 4.90 Å². The smallest absolute Gasteiger partial charge is 0.243 e. The van der Waals surface area contributed by atoms with Gasteiger partial charge in [0.25, 0.3) is 0 Å². The van der Waals surface area contributed by atoms with Gasteiger partial charge in [-0.05, 0) is 43.9 Å². The summed E-state index contributed by atoms with van der Waals surface area (Å²) >= 11 is 11.9. The summed E-state index contributed by atoms with van der Waals surface area (Å²) in [5, 5.41) is 0.0873. The van der Waals surface area contributed by atoms with Crippen molar-refractivity contribution in [3.05, 3.63) is 63.9 Å². The number of benzene rings is 2. The molecule has 2 aromatic rings. The predicted octanol–water partition coefficient (Wildman–Crippen LogP) is 3.71. The first-order valence-corrected chi connectivity index (χ1v) is 9.32. The van der Waals surface area contributed by atoms with Gasteiger partial charge in [0.1, 0.15) is 10.7 Å². The normalized spacial score (nSPS) is 13.2. The largest absolute Gasteiger partial charge is 0.301 e. The Bertz CT molecular complexity index is 808. The number of nitrogens with zero attached hydrogens (tertiary/aromatic N) is 1. The molecule has 130 valence electrons. The lowest BCUT2D eigenvalue weighted by molar-refractivity contribution is 0.299. The molecule has 2 aromatic carbocycles. The summed E-state index contributed by atoms with van der Waals surface area (Å²) in [5.41, 5.74) is 0.660. The molecule has 0 fully saturated rings. The molecular weight excluding hydrogens is 374 g/mol. The molecular formula is C16H17Cl2FN2O2S. The average molecular weight is 391 g/mol. The Balaban J connectivity index is 2.26. The molecule has 0 saturated heterocycles. The summed E-state index contributed by atoms with van der Waals surface area (Å²) < 4.78 is 41.0. The van der Waals surface area contributed by atoms with Crippen LogP contribution in [0.15, 0.2) is 47.4 Å². The summed E-state index contributed by atoms with van der Waals surface area (Å²) in [7, 11) is -0.334. The third-order valence-electron chi connectivity index (χ3n) is 3.51. The van der Waals surface area contributed by atoms with Crippen molar-refractivity contribution in [1.82, 2.24) is 9.62 Å². The predicted molar refractivity (Wildman–Crippen MR) is 94.5 cm³/mol. The van der Waals surface area contributed by atoms with E-state index >= 15 is 0 Å². The first-order valence-electron chi connectivity index (χ1n) is 7.08. The van der Waals surface area contributed by atoms with Crippen molar-refractivity contribution >= 4 is 33.2 Å². The van der Waals surface area contributed by atoms with Crippen LogP contribution in [0.2, 0.25) is 10.0 Å². The van der Waals surface area contributed by atoms with Crippen molar-refractivity contribution in [3.8, 4) is 0 Å². The van der Waals surface area contributed by atoms with E-state index in [0.717, 1.165) is 0 Å². The zero-order valence-electron chi connectivity index (χ0n) is 13.1. The number of nitrogens with one attached hydrogen (secondary N) is 1. The lowest BCUT2D eigenvalue weighted by atomic mass is 10.1. The highest BCUT2D eigenvalue weighted by atomic mass is 35.5. The van der Waals surface area contributed by atoms with Gasteiger partial charge in [-0.3, -0.25) is 0 Å². The Labute approximate surface area is 151 Å². The van der Waals surface area contributed by atoms with Crippen molar-refractivity contribution in [3.63, 3.8) is 0 Å². The number of halogens is 3. The Kier molecular flexibility index (Phi) is 6.22. The minimum absolute atomic E-state index is 0.0420. The standard InChI is InChI=1S/C16H17Cl2FN2O2S/c1-21(2)15(11-5-3-6-12(19)9-11)10-20-24(22,23)16-13(17)7-4-8-14(16)18/h3-9,15,20H,10H2,1-2H3. The van der Waals surface area contributed by atoms with Gasteiger partial charge in [-0.25, -0.2) is 17.5 Å². The lowest BCUT2D eigenvalue weighted by Crippen LogP contribution is -2.34. The third-order valence-corrected chi connectivity index (χ3v) is 5.89. The van der Waals surface area contributed by atoms with Gasteiger partial charge in [0, 0.05) is 12.6 Å². The summed E-state index contributed by atoms with van der Waals surface area (Å²) in [6.45, 7) is 0.0420. The molecule has 0 amide bonds. The van der Waals surface area contributed by atoms with Gasteiger partial charge in [0.05, 0.1) is 10.0 Å². The van der Waals surface area contributed by atoms with Crippen LogP contribution >= 0.6 is 23.2 Å². The maximum Gasteiger partial charge on any atom is 0.243 e. The molecule has 1 unspecified atom stereocenters. The summed E-state index contributed by atoms with van der Waals surface area (Å²) in [4.78, 5) is 1.64. The number of likely N-dealkylation sites (N-methyl/N-ethyl adjacent to an activating group) is 1. The first kappa shape index (κ1) is 19.1. The SMILES string of the molecule is CN(C)C(CNS(=O)(=O)c1c(Cl)cccc1Cl)c1cccc(F)c1. The van der Waals surface area contributed by atoms with Crippen molar-refractivity contribution in [2.24, 2.45) is 0 Å². The van der Waals surface area contributed by atoms with E-state index in [2.05, 4.69) is 4.72 Å². The van der Waals surface area contributed by atoms with Crippen molar-refractivity contribution in [2.75, 3.05) is 20.6 Å². The van der Waals surface area contributed by atoms with E-state index in [1.165, 1.54) is 24.3 Å². The van der Waals surface area contributed by atoms with Crippen LogP contribution in [-0.2, 0) is 10.0 Å². The van der Waals surface area contributed by atoms with Gasteiger partial charge in [-0.15, -0.1) is 0 Å². The quantitative estimate of drug-likeness (QED) is 0.817. The fourth-order valence-electron chi connectivity index (χ4n) is 2.31. The molecule has 0 aliphatic heterocycles. The summed E-state index contributed by atoms with van der Waals surface area (Å²) in [5.74, 6) is -0.378. The second-order valence-corrected chi connectivity index (χ2v) is 7.96. The molecule has 4 nitrogen and oxygen atoms in total. The van der Waals surface area contributed by atoms with Gasteiger partial charge in [-0.1, -0.05) is 41.4 Å². The van der Waals surface area contributed by atoms with Gasteiger partial charge in [-0.2, -0.15) is 0 Å². The Morgan fingerprint density at radius 1 is 1.12 bits per heavy atom. The van der Waals surface area contributed by atoms with E-state index in [1.54, 1.807) is 37.2 Å². The zero-order chi connectivity index (χ0) is 17.9. The highest BCUT2D eigenvalue weighted by Crippen LogP contribution is 2.29. The molecule has 0 aromatic heterocycles. The van der Waals surface area contributed by atoms with Crippen LogP contribution in [-0.4, -0.2) is 34.0 Å². The van der Waals surface area contributed by atoms with Crippen LogP contribution in [0.4, 0.5) is 4.39 Å². The molecule has 8 heteroatoms. The van der Waals surface area contributed by atoms with Crippen LogP contribution in [0.25, 0.3) is 0 Å². The van der Waals surface area contributed by atoms with Gasteiger partial charge in [0.2, 0.25) is 10.0 Å². The molecule has 1 atom stereocenters. The minimum Gasteiger partial charge on any atom is -0.301 e. The van der Waals surface area contributed by atoms with Crippen molar-refractivity contribution in [2.45, 2.75) is 10.9 Å². The number of hydrogen-bond acceptors (Lipinski definition) is 3. The Hall–Kier alpha value is -1.18. The summed E-state index contributed by atoms with van der Waals surface area (Å²) in [6.07, 6.45) is 0. The molecule has 0 bridgehead atoms. The van der Waals surface area contributed by atoms with Crippen molar-refractivity contribution in [1.29, 1.82) is 0 Å². The monoisotopic (exact) mass is 390 g/mol. The third kappa shape index (κ3) is 4.46. The molecule has 0 radical (unpaired) electrons. The fourth-order valence-corrected chi connectivity index (χ4v) is 4.49. The van der Waals surface area contributed by atoms with Crippen LogP contribution in [0.5, 0.6) is 0 Å². The molecule has 0 aliphatic rings. The van der Waals surface area contributed by atoms with E-state index in [4.69, 9.17) is 23.2 Å². The molecule has 0 saturated carbocycles. The van der Waals surface area contributed by atoms with E-state index < -0.39 is 10.0 Å². The number of sulfonamides is 1. The first-order chi connectivity index (χ1) is 11.2. The van der Waals surface area contributed by atoms with Crippen molar-refractivity contribution < 1.29 is 12.8 Å². The molecule has 24 heavy (non-hydrogen) atoms. The van der Waals surface area contributed by atoms with E-state index in [9.17, 15) is 12.8 Å². The Morgan fingerprint density at radius 3 is 2.25 bits per heavy atom. The van der Waals surface area contributed by atoms with Crippen LogP contribution in [0, 0.1) is 5.82 Å². The molecule has 0 aliphatic carbocycles. The second-order valence-electron chi connectivity index (χ2n) is 5.44. The van der Waals surface area contributed by atoms with Crippen LogP contribution < -0.4 is 4.72 Å². The van der Waals surface area contributed by atoms with Crippen LogP contribution in [0.3, 0.4) is 0 Å². The maximum atomic E-state index is 13.4. The topological polar surface area (TPSA) is 49.4 Å². The molecule has 2 rings (SSSR count). The van der Waals surface area contributed by atoms with Crippen LogP contribution in [0.1, 0.15) is 11.6 Å². The van der Waals surface area contributed by atoms with E-state index in [0.29, 0.717) is 5.56 Å². The number of hydrogen-bond donors (Lipinski definition) is 1. The van der Waals surface area contributed by atoms with E-state index in [-0.39, 0.29) is 33.3 Å². The second kappa shape index (κ2) is 7.80. The molecule has 0 spiro atoms. The molecule has 0 heterocycles.